The Bertz CT molecular complexity index is 1710. The van der Waals surface area contributed by atoms with E-state index in [0.717, 1.165) is 37.3 Å². The summed E-state index contributed by atoms with van der Waals surface area (Å²) in [5, 5.41) is 0. The standard InChI is InChI=1S/C34H22F8O/c1-2-3-4-5-21-6-8-22(9-7-21)10-11-23-12-14-25(27(35)16-23)15-13-24-17-28(36)32(29(37)18-24)34(41,42)43-26-19-30(38)33(40)31(39)20-26/h6-9,12,14,16-20H,2-5H2,1H3. The summed E-state index contributed by atoms with van der Waals surface area (Å²) < 4.78 is 117. The number of hydrogen-bond acceptors (Lipinski definition) is 1. The van der Waals surface area contributed by atoms with Gasteiger partial charge in [0.25, 0.3) is 0 Å². The fourth-order valence-corrected chi connectivity index (χ4v) is 4.03. The summed E-state index contributed by atoms with van der Waals surface area (Å²) in [4.78, 5) is 0. The molecule has 0 fully saturated rings. The van der Waals surface area contributed by atoms with Crippen LogP contribution >= 0.6 is 0 Å². The first-order valence-corrected chi connectivity index (χ1v) is 13.1. The van der Waals surface area contributed by atoms with E-state index in [1.807, 2.05) is 24.3 Å². The maximum atomic E-state index is 14.6. The van der Waals surface area contributed by atoms with Crippen molar-refractivity contribution < 1.29 is 39.9 Å². The van der Waals surface area contributed by atoms with Gasteiger partial charge in [0.2, 0.25) is 0 Å². The summed E-state index contributed by atoms with van der Waals surface area (Å²) in [6, 6.07) is 12.8. The summed E-state index contributed by atoms with van der Waals surface area (Å²) in [5.74, 6) is -0.681. The molecule has 0 atom stereocenters. The predicted molar refractivity (Wildman–Crippen MR) is 145 cm³/mol. The largest absolute Gasteiger partial charge is 0.432 e. The minimum Gasteiger partial charge on any atom is -0.429 e. The molecule has 1 nitrogen and oxygen atoms in total. The van der Waals surface area contributed by atoms with E-state index in [4.69, 9.17) is 0 Å². The van der Waals surface area contributed by atoms with Gasteiger partial charge in [-0.25, -0.2) is 26.3 Å². The molecule has 0 N–H and O–H groups in total. The van der Waals surface area contributed by atoms with Crippen LogP contribution in [-0.2, 0) is 12.5 Å². The molecule has 43 heavy (non-hydrogen) atoms. The number of halogens is 8. The Kier molecular flexibility index (Phi) is 9.77. The van der Waals surface area contributed by atoms with Crippen LogP contribution < -0.4 is 4.74 Å². The lowest BCUT2D eigenvalue weighted by molar-refractivity contribution is -0.189. The summed E-state index contributed by atoms with van der Waals surface area (Å²) in [5.41, 5.74) is -0.0920. The molecule has 0 bridgehead atoms. The topological polar surface area (TPSA) is 9.23 Å². The number of benzene rings is 4. The van der Waals surface area contributed by atoms with E-state index in [1.54, 1.807) is 0 Å². The fourth-order valence-electron chi connectivity index (χ4n) is 4.03. The highest BCUT2D eigenvalue weighted by atomic mass is 19.3. The highest BCUT2D eigenvalue weighted by molar-refractivity contribution is 5.49. The van der Waals surface area contributed by atoms with Gasteiger partial charge in [-0.2, -0.15) is 8.78 Å². The molecular formula is C34H22F8O. The monoisotopic (exact) mass is 598 g/mol. The van der Waals surface area contributed by atoms with Crippen LogP contribution in [0.2, 0.25) is 0 Å². The summed E-state index contributed by atoms with van der Waals surface area (Å²) >= 11 is 0. The zero-order chi connectivity index (χ0) is 31.1. The first kappa shape index (κ1) is 31.2. The molecule has 0 aliphatic carbocycles. The average Bonchev–Trinajstić information content (AvgIpc) is 2.94. The molecule has 0 amide bonds. The molecule has 220 valence electrons. The van der Waals surface area contributed by atoms with Crippen molar-refractivity contribution in [1.29, 1.82) is 0 Å². The lowest BCUT2D eigenvalue weighted by Crippen LogP contribution is -2.25. The molecule has 0 heterocycles. The zero-order valence-corrected chi connectivity index (χ0v) is 22.6. The molecule has 0 aliphatic rings. The molecule has 4 rings (SSSR count). The van der Waals surface area contributed by atoms with Gasteiger partial charge in [-0.05, 0) is 60.9 Å². The van der Waals surface area contributed by atoms with Crippen molar-refractivity contribution in [2.45, 2.75) is 38.7 Å². The van der Waals surface area contributed by atoms with Crippen LogP contribution in [0.5, 0.6) is 5.75 Å². The van der Waals surface area contributed by atoms with E-state index in [0.29, 0.717) is 17.7 Å². The maximum absolute atomic E-state index is 14.6. The van der Waals surface area contributed by atoms with Crippen LogP contribution in [0.1, 0.15) is 59.6 Å². The van der Waals surface area contributed by atoms with Crippen LogP contribution in [0.15, 0.2) is 66.7 Å². The van der Waals surface area contributed by atoms with E-state index in [9.17, 15) is 35.1 Å². The van der Waals surface area contributed by atoms with Gasteiger partial charge in [-0.1, -0.05) is 55.6 Å². The van der Waals surface area contributed by atoms with Crippen molar-refractivity contribution in [3.05, 3.63) is 135 Å². The number of aryl methyl sites for hydroxylation is 1. The predicted octanol–water partition coefficient (Wildman–Crippen LogP) is 9.18. The maximum Gasteiger partial charge on any atom is 0.432 e. The van der Waals surface area contributed by atoms with Gasteiger partial charge >= 0.3 is 6.11 Å². The van der Waals surface area contributed by atoms with Crippen molar-refractivity contribution in [1.82, 2.24) is 0 Å². The fraction of sp³-hybridized carbons (Fsp3) is 0.176. The third-order valence-electron chi connectivity index (χ3n) is 6.22. The zero-order valence-electron chi connectivity index (χ0n) is 22.6. The number of unbranched alkanes of at least 4 members (excludes halogenated alkanes) is 2. The van der Waals surface area contributed by atoms with Crippen molar-refractivity contribution in [2.24, 2.45) is 0 Å². The first-order valence-electron chi connectivity index (χ1n) is 13.1. The molecule has 0 spiro atoms. The van der Waals surface area contributed by atoms with Crippen LogP contribution in [0.4, 0.5) is 35.1 Å². The summed E-state index contributed by atoms with van der Waals surface area (Å²) in [7, 11) is 0. The highest BCUT2D eigenvalue weighted by Gasteiger charge is 2.41. The minimum atomic E-state index is -4.74. The second-order valence-electron chi connectivity index (χ2n) is 9.48. The van der Waals surface area contributed by atoms with E-state index in [2.05, 4.69) is 35.3 Å². The second kappa shape index (κ2) is 13.5. The van der Waals surface area contributed by atoms with Crippen LogP contribution in [-0.4, -0.2) is 0 Å². The van der Waals surface area contributed by atoms with Crippen molar-refractivity contribution in [3.63, 3.8) is 0 Å². The Balaban J connectivity index is 1.48. The number of ether oxygens (including phenoxy) is 1. The number of rotatable bonds is 7. The Hall–Kier alpha value is -4.76. The summed E-state index contributed by atoms with van der Waals surface area (Å²) in [6.45, 7) is 2.14. The SMILES string of the molecule is CCCCCc1ccc(C#Cc2ccc(C#Cc3cc(F)c(C(F)(F)Oc4cc(F)c(F)c(F)c4)c(F)c3)c(F)c2)cc1. The smallest absolute Gasteiger partial charge is 0.429 e. The van der Waals surface area contributed by atoms with Gasteiger partial charge in [0.1, 0.15) is 28.8 Å². The quantitative estimate of drug-likeness (QED) is 0.0892. The van der Waals surface area contributed by atoms with E-state index in [-0.39, 0.29) is 17.7 Å². The lowest BCUT2D eigenvalue weighted by Gasteiger charge is -2.19. The number of hydrogen-bond donors (Lipinski definition) is 0. The molecule has 0 unspecified atom stereocenters. The van der Waals surface area contributed by atoms with Gasteiger partial charge in [0.15, 0.2) is 17.5 Å². The van der Waals surface area contributed by atoms with E-state index < -0.39 is 57.9 Å². The molecule has 0 saturated carbocycles. The molecular weight excluding hydrogens is 576 g/mol. The van der Waals surface area contributed by atoms with Crippen molar-refractivity contribution in [2.75, 3.05) is 0 Å². The minimum absolute atomic E-state index is 0.0971. The molecule has 0 radical (unpaired) electrons. The Morgan fingerprint density at radius 1 is 0.605 bits per heavy atom. The van der Waals surface area contributed by atoms with Crippen LogP contribution in [0, 0.1) is 58.6 Å². The third-order valence-corrected chi connectivity index (χ3v) is 6.22. The molecule has 0 saturated heterocycles. The molecule has 4 aromatic carbocycles. The third kappa shape index (κ3) is 7.96. The van der Waals surface area contributed by atoms with Crippen molar-refractivity contribution in [3.8, 4) is 29.4 Å². The number of alkyl halides is 2. The van der Waals surface area contributed by atoms with Gasteiger partial charge in [-0.3, -0.25) is 0 Å². The van der Waals surface area contributed by atoms with Gasteiger partial charge < -0.3 is 4.74 Å². The van der Waals surface area contributed by atoms with Crippen LogP contribution in [0.3, 0.4) is 0 Å². The second-order valence-corrected chi connectivity index (χ2v) is 9.48. The Morgan fingerprint density at radius 2 is 1.16 bits per heavy atom. The Morgan fingerprint density at radius 3 is 1.77 bits per heavy atom. The highest BCUT2D eigenvalue weighted by Crippen LogP contribution is 2.36. The molecule has 4 aromatic rings. The summed E-state index contributed by atoms with van der Waals surface area (Å²) in [6.07, 6.45) is -0.335. The van der Waals surface area contributed by atoms with Gasteiger partial charge in [0.05, 0.1) is 5.56 Å². The average molecular weight is 599 g/mol. The van der Waals surface area contributed by atoms with E-state index >= 15 is 0 Å². The normalized spacial score (nSPS) is 10.9. The molecule has 0 aliphatic heterocycles. The Labute approximate surface area is 243 Å². The first-order chi connectivity index (χ1) is 20.5. The lowest BCUT2D eigenvalue weighted by atomic mass is 10.1. The van der Waals surface area contributed by atoms with Crippen LogP contribution in [0.25, 0.3) is 0 Å². The van der Waals surface area contributed by atoms with E-state index in [1.165, 1.54) is 17.7 Å². The molecule has 9 heteroatoms. The van der Waals surface area contributed by atoms with Gasteiger partial charge in [0, 0.05) is 28.8 Å². The van der Waals surface area contributed by atoms with Gasteiger partial charge in [-0.15, -0.1) is 0 Å². The molecule has 0 aromatic heterocycles. The van der Waals surface area contributed by atoms with Crippen molar-refractivity contribution >= 4 is 0 Å².